The molecule has 0 aromatic carbocycles. The summed E-state index contributed by atoms with van der Waals surface area (Å²) in [6.45, 7) is 12.1. The molecule has 2 heterocycles. The molecule has 18 heavy (non-hydrogen) atoms. The molecule has 1 saturated heterocycles. The summed E-state index contributed by atoms with van der Waals surface area (Å²) in [5.41, 5.74) is 4.22. The lowest BCUT2D eigenvalue weighted by Crippen LogP contribution is -2.26. The fraction of sp³-hybridized carbons (Fsp3) is 0.667. The normalized spacial score (nSPS) is 18.4. The zero-order chi connectivity index (χ0) is 13.3. The monoisotopic (exact) mass is 247 g/mol. The van der Waals surface area contributed by atoms with Gasteiger partial charge in [0.25, 0.3) is 0 Å². The average molecular weight is 247 g/mol. The Bertz CT molecular complexity index is 438. The number of rotatable bonds is 3. The van der Waals surface area contributed by atoms with Gasteiger partial charge in [-0.2, -0.15) is 0 Å². The lowest BCUT2D eigenvalue weighted by molar-refractivity contribution is 0.418. The van der Waals surface area contributed by atoms with Crippen LogP contribution in [-0.2, 0) is 6.54 Å². The van der Waals surface area contributed by atoms with Crippen molar-refractivity contribution in [3.05, 3.63) is 22.9 Å². The highest BCUT2D eigenvalue weighted by Gasteiger charge is 2.31. The average Bonchev–Trinajstić information content (AvgIpc) is 2.62. The van der Waals surface area contributed by atoms with Crippen LogP contribution in [0.5, 0.6) is 0 Å². The van der Waals surface area contributed by atoms with Crippen molar-refractivity contribution in [2.45, 2.75) is 40.7 Å². The van der Waals surface area contributed by atoms with Crippen LogP contribution in [0.2, 0.25) is 0 Å². The van der Waals surface area contributed by atoms with Crippen molar-refractivity contribution >= 4 is 5.82 Å². The summed E-state index contributed by atoms with van der Waals surface area (Å²) in [5.74, 6) is 1.19. The second-order valence-corrected chi connectivity index (χ2v) is 6.25. The van der Waals surface area contributed by atoms with Gasteiger partial charge in [0.2, 0.25) is 0 Å². The number of aryl methyl sites for hydroxylation is 2. The van der Waals surface area contributed by atoms with Crippen molar-refractivity contribution in [3.63, 3.8) is 0 Å². The van der Waals surface area contributed by atoms with Crippen LogP contribution in [-0.4, -0.2) is 25.1 Å². The van der Waals surface area contributed by atoms with E-state index in [2.05, 4.69) is 44.0 Å². The van der Waals surface area contributed by atoms with Crippen LogP contribution in [0.25, 0.3) is 0 Å². The third kappa shape index (κ3) is 2.66. The molecule has 0 bridgehead atoms. The minimum absolute atomic E-state index is 0.413. The molecule has 0 atom stereocenters. The number of nitrogens with one attached hydrogen (secondary N) is 1. The van der Waals surface area contributed by atoms with Crippen molar-refractivity contribution in [1.82, 2.24) is 10.3 Å². The first-order valence-corrected chi connectivity index (χ1v) is 6.79. The molecule has 3 heteroatoms. The van der Waals surface area contributed by atoms with Gasteiger partial charge in [-0.15, -0.1) is 0 Å². The second-order valence-electron chi connectivity index (χ2n) is 6.25. The van der Waals surface area contributed by atoms with Crippen molar-refractivity contribution in [2.24, 2.45) is 5.41 Å². The topological polar surface area (TPSA) is 28.2 Å². The predicted molar refractivity (Wildman–Crippen MR) is 77.1 cm³/mol. The Hall–Kier alpha value is -1.09. The van der Waals surface area contributed by atoms with E-state index in [1.165, 1.54) is 23.4 Å². The Labute approximate surface area is 111 Å². The third-order valence-electron chi connectivity index (χ3n) is 3.78. The molecular weight excluding hydrogens is 222 g/mol. The molecule has 1 N–H and O–H groups in total. The lowest BCUT2D eigenvalue weighted by Gasteiger charge is -2.24. The maximum Gasteiger partial charge on any atom is 0.133 e. The van der Waals surface area contributed by atoms with E-state index in [1.807, 2.05) is 7.05 Å². The second kappa shape index (κ2) is 4.88. The van der Waals surface area contributed by atoms with E-state index in [0.29, 0.717) is 5.41 Å². The standard InChI is InChI=1S/C15H25N3/c1-11-8-12(2)17-14(13(11)9-16-5)18-7-6-15(3,4)10-18/h8,16H,6-7,9-10H2,1-5H3. The number of aromatic nitrogens is 1. The summed E-state index contributed by atoms with van der Waals surface area (Å²) < 4.78 is 0. The predicted octanol–water partition coefficient (Wildman–Crippen LogP) is 2.65. The summed E-state index contributed by atoms with van der Waals surface area (Å²) in [6, 6.07) is 2.18. The van der Waals surface area contributed by atoms with Crippen molar-refractivity contribution in [3.8, 4) is 0 Å². The van der Waals surface area contributed by atoms with Crippen LogP contribution in [0, 0.1) is 19.3 Å². The first-order valence-electron chi connectivity index (χ1n) is 6.79. The van der Waals surface area contributed by atoms with Crippen molar-refractivity contribution < 1.29 is 0 Å². The van der Waals surface area contributed by atoms with E-state index < -0.39 is 0 Å². The molecule has 1 aromatic heterocycles. The van der Waals surface area contributed by atoms with Gasteiger partial charge >= 0.3 is 0 Å². The Kier molecular flexibility index (Phi) is 3.62. The first kappa shape index (κ1) is 13.3. The van der Waals surface area contributed by atoms with Gasteiger partial charge in [0.15, 0.2) is 0 Å². The van der Waals surface area contributed by atoms with Crippen LogP contribution in [0.15, 0.2) is 6.07 Å². The zero-order valence-corrected chi connectivity index (χ0v) is 12.3. The molecule has 0 unspecified atom stereocenters. The van der Waals surface area contributed by atoms with Crippen molar-refractivity contribution in [1.29, 1.82) is 0 Å². The fourth-order valence-electron chi connectivity index (χ4n) is 2.79. The Morgan fingerprint density at radius 3 is 2.67 bits per heavy atom. The van der Waals surface area contributed by atoms with E-state index in [1.54, 1.807) is 0 Å². The number of anilines is 1. The van der Waals surface area contributed by atoms with Gasteiger partial charge in [-0.25, -0.2) is 4.98 Å². The van der Waals surface area contributed by atoms with E-state index in [0.717, 1.165) is 25.3 Å². The number of hydrogen-bond acceptors (Lipinski definition) is 3. The molecule has 0 spiro atoms. The van der Waals surface area contributed by atoms with Gasteiger partial charge in [-0.3, -0.25) is 0 Å². The minimum Gasteiger partial charge on any atom is -0.356 e. The van der Waals surface area contributed by atoms with Gasteiger partial charge in [0.05, 0.1) is 0 Å². The Morgan fingerprint density at radius 2 is 2.11 bits per heavy atom. The Balaban J connectivity index is 2.37. The smallest absolute Gasteiger partial charge is 0.133 e. The molecule has 0 aliphatic carbocycles. The van der Waals surface area contributed by atoms with Crippen molar-refractivity contribution in [2.75, 3.05) is 25.0 Å². The number of hydrogen-bond donors (Lipinski definition) is 1. The van der Waals surface area contributed by atoms with E-state index in [-0.39, 0.29) is 0 Å². The molecule has 1 aromatic rings. The third-order valence-corrected chi connectivity index (χ3v) is 3.78. The van der Waals surface area contributed by atoms with Crippen LogP contribution in [0.1, 0.15) is 37.1 Å². The summed E-state index contributed by atoms with van der Waals surface area (Å²) >= 11 is 0. The van der Waals surface area contributed by atoms with E-state index >= 15 is 0 Å². The highest BCUT2D eigenvalue weighted by atomic mass is 15.2. The molecule has 100 valence electrons. The molecule has 0 saturated carbocycles. The molecule has 0 radical (unpaired) electrons. The van der Waals surface area contributed by atoms with Gasteiger partial charge in [-0.1, -0.05) is 13.8 Å². The van der Waals surface area contributed by atoms with Crippen LogP contribution < -0.4 is 10.2 Å². The van der Waals surface area contributed by atoms with Crippen LogP contribution in [0.3, 0.4) is 0 Å². The maximum atomic E-state index is 4.79. The molecule has 0 amide bonds. The summed E-state index contributed by atoms with van der Waals surface area (Å²) in [6.07, 6.45) is 1.25. The van der Waals surface area contributed by atoms with Gasteiger partial charge in [-0.05, 0) is 44.4 Å². The van der Waals surface area contributed by atoms with Gasteiger partial charge in [0.1, 0.15) is 5.82 Å². The zero-order valence-electron chi connectivity index (χ0n) is 12.3. The Morgan fingerprint density at radius 1 is 1.39 bits per heavy atom. The molecule has 2 rings (SSSR count). The maximum absolute atomic E-state index is 4.79. The number of nitrogens with zero attached hydrogens (tertiary/aromatic N) is 2. The van der Waals surface area contributed by atoms with Gasteiger partial charge in [0, 0.05) is 30.9 Å². The quantitative estimate of drug-likeness (QED) is 0.890. The summed E-state index contributed by atoms with van der Waals surface area (Å²) in [4.78, 5) is 7.24. The molecule has 3 nitrogen and oxygen atoms in total. The molecule has 1 fully saturated rings. The number of pyridine rings is 1. The van der Waals surface area contributed by atoms with E-state index in [4.69, 9.17) is 4.98 Å². The van der Waals surface area contributed by atoms with E-state index in [9.17, 15) is 0 Å². The summed E-state index contributed by atoms with van der Waals surface area (Å²) in [5, 5.41) is 3.26. The SMILES string of the molecule is CNCc1c(C)cc(C)nc1N1CCC(C)(C)C1. The highest BCUT2D eigenvalue weighted by Crippen LogP contribution is 2.34. The molecular formula is C15H25N3. The largest absolute Gasteiger partial charge is 0.356 e. The molecule has 1 aliphatic rings. The highest BCUT2D eigenvalue weighted by molar-refractivity contribution is 5.52. The lowest BCUT2D eigenvalue weighted by atomic mass is 9.93. The summed E-state index contributed by atoms with van der Waals surface area (Å²) in [7, 11) is 2.00. The van der Waals surface area contributed by atoms with Crippen LogP contribution >= 0.6 is 0 Å². The molecule has 1 aliphatic heterocycles. The minimum atomic E-state index is 0.413. The van der Waals surface area contributed by atoms with Gasteiger partial charge < -0.3 is 10.2 Å². The van der Waals surface area contributed by atoms with Crippen LogP contribution in [0.4, 0.5) is 5.82 Å². The first-order chi connectivity index (χ1) is 8.43. The fourth-order valence-corrected chi connectivity index (χ4v) is 2.79.